The highest BCUT2D eigenvalue weighted by Gasteiger charge is 2.49. The third kappa shape index (κ3) is 3.74. The lowest BCUT2D eigenvalue weighted by Gasteiger charge is -2.33. The van der Waals surface area contributed by atoms with Crippen LogP contribution in [0, 0.1) is 0 Å². The van der Waals surface area contributed by atoms with E-state index in [9.17, 15) is 14.4 Å². The molecule has 0 aliphatic carbocycles. The quantitative estimate of drug-likeness (QED) is 0.708. The van der Waals surface area contributed by atoms with Crippen LogP contribution in [0.5, 0.6) is 0 Å². The summed E-state index contributed by atoms with van der Waals surface area (Å²) in [6.07, 6.45) is 0. The van der Waals surface area contributed by atoms with E-state index in [1.54, 1.807) is 45.0 Å². The predicted molar refractivity (Wildman–Crippen MR) is 110 cm³/mol. The third-order valence-corrected chi connectivity index (χ3v) is 6.01. The molecule has 2 aliphatic rings. The van der Waals surface area contributed by atoms with Crippen LogP contribution >= 0.6 is 23.4 Å². The Morgan fingerprint density at radius 2 is 1.66 bits per heavy atom. The fourth-order valence-electron chi connectivity index (χ4n) is 3.33. The average Bonchev–Trinajstić information content (AvgIpc) is 2.97. The van der Waals surface area contributed by atoms with Gasteiger partial charge in [0.15, 0.2) is 0 Å². The minimum atomic E-state index is -0.845. The number of carbonyl (C=O) groups is 3. The second kappa shape index (κ2) is 8.51. The van der Waals surface area contributed by atoms with Crippen molar-refractivity contribution in [2.45, 2.75) is 31.9 Å². The van der Waals surface area contributed by atoms with Crippen LogP contribution in [0.2, 0.25) is 5.02 Å². The zero-order valence-electron chi connectivity index (χ0n) is 16.2. The molecule has 1 aromatic carbocycles. The number of rotatable bonds is 5. The van der Waals surface area contributed by atoms with Crippen molar-refractivity contribution in [3.05, 3.63) is 56.8 Å². The number of nitrogens with zero attached hydrogens (tertiary/aromatic N) is 1. The molecule has 0 radical (unpaired) electrons. The first-order chi connectivity index (χ1) is 13.8. The largest absolute Gasteiger partial charge is 0.463 e. The van der Waals surface area contributed by atoms with Gasteiger partial charge in [0.2, 0.25) is 5.91 Å². The van der Waals surface area contributed by atoms with Gasteiger partial charge < -0.3 is 15.2 Å². The van der Waals surface area contributed by atoms with Crippen molar-refractivity contribution >= 4 is 41.2 Å². The first-order valence-corrected chi connectivity index (χ1v) is 10.4. The van der Waals surface area contributed by atoms with Crippen molar-refractivity contribution in [1.29, 1.82) is 0 Å². The van der Waals surface area contributed by atoms with E-state index in [1.807, 2.05) is 0 Å². The van der Waals surface area contributed by atoms with Crippen molar-refractivity contribution < 1.29 is 23.9 Å². The Morgan fingerprint density at radius 1 is 1.10 bits per heavy atom. The van der Waals surface area contributed by atoms with Crippen LogP contribution in [-0.2, 0) is 23.9 Å². The van der Waals surface area contributed by atoms with Crippen LogP contribution in [0.1, 0.15) is 32.3 Å². The van der Waals surface area contributed by atoms with E-state index in [-0.39, 0.29) is 36.1 Å². The van der Waals surface area contributed by atoms with E-state index < -0.39 is 23.1 Å². The zero-order valence-corrected chi connectivity index (χ0v) is 17.8. The van der Waals surface area contributed by atoms with Gasteiger partial charge in [-0.3, -0.25) is 9.69 Å². The molecule has 2 heterocycles. The summed E-state index contributed by atoms with van der Waals surface area (Å²) in [4.78, 5) is 39.8. The van der Waals surface area contributed by atoms with Crippen LogP contribution in [0.15, 0.2) is 46.3 Å². The second-order valence-corrected chi connectivity index (χ2v) is 8.14. The maximum absolute atomic E-state index is 13.0. The number of fused-ring (bicyclic) bond motifs is 1. The molecule has 29 heavy (non-hydrogen) atoms. The summed E-state index contributed by atoms with van der Waals surface area (Å²) in [5.41, 5.74) is 7.13. The summed E-state index contributed by atoms with van der Waals surface area (Å²) in [6.45, 7) is 5.34. The topological polar surface area (TPSA) is 98.9 Å². The van der Waals surface area contributed by atoms with Gasteiger partial charge in [0.1, 0.15) is 5.82 Å². The molecule has 0 bridgehead atoms. The number of hydrogen-bond donors (Lipinski definition) is 1. The Balaban J connectivity index is 2.28. The molecule has 2 atom stereocenters. The summed E-state index contributed by atoms with van der Waals surface area (Å²) >= 11 is 7.23. The van der Waals surface area contributed by atoms with Crippen molar-refractivity contribution in [2.24, 2.45) is 5.73 Å². The number of nitrogens with two attached hydrogens (primary N) is 1. The molecule has 9 heteroatoms. The lowest BCUT2D eigenvalue weighted by atomic mass is 9.82. The van der Waals surface area contributed by atoms with E-state index >= 15 is 0 Å². The molecule has 1 aromatic rings. The minimum Gasteiger partial charge on any atom is -0.463 e. The van der Waals surface area contributed by atoms with Crippen molar-refractivity contribution in [3.63, 3.8) is 0 Å². The van der Waals surface area contributed by atoms with E-state index in [0.29, 0.717) is 15.6 Å². The van der Waals surface area contributed by atoms with E-state index in [1.165, 1.54) is 16.7 Å². The predicted octanol–water partition coefficient (Wildman–Crippen LogP) is 2.91. The molecule has 2 unspecified atom stereocenters. The maximum Gasteiger partial charge on any atom is 0.338 e. The SMILES string of the molecule is CCOC(=O)C1=C(N)N2C(=O)C(C)SC2=C(C(=O)OCC)C1c1ccc(Cl)cc1. The summed E-state index contributed by atoms with van der Waals surface area (Å²) < 4.78 is 10.5. The molecule has 7 nitrogen and oxygen atoms in total. The number of hydrogen-bond acceptors (Lipinski definition) is 7. The lowest BCUT2D eigenvalue weighted by Crippen LogP contribution is -2.40. The Morgan fingerprint density at radius 3 is 2.21 bits per heavy atom. The van der Waals surface area contributed by atoms with Crippen LogP contribution in [-0.4, -0.2) is 41.2 Å². The van der Waals surface area contributed by atoms with Gasteiger partial charge in [0.25, 0.3) is 0 Å². The molecule has 0 aromatic heterocycles. The van der Waals surface area contributed by atoms with Gasteiger partial charge in [0.05, 0.1) is 40.6 Å². The van der Waals surface area contributed by atoms with Crippen molar-refractivity contribution in [3.8, 4) is 0 Å². The van der Waals surface area contributed by atoms with E-state index in [0.717, 1.165) is 0 Å². The van der Waals surface area contributed by atoms with Gasteiger partial charge in [-0.1, -0.05) is 35.5 Å². The molecule has 2 aliphatic heterocycles. The molecular weight excluding hydrogens is 416 g/mol. The highest BCUT2D eigenvalue weighted by Crippen LogP contribution is 2.49. The Labute approximate surface area is 177 Å². The summed E-state index contributed by atoms with van der Waals surface area (Å²) in [5.74, 6) is -2.49. The van der Waals surface area contributed by atoms with Crippen LogP contribution in [0.3, 0.4) is 0 Å². The van der Waals surface area contributed by atoms with Crippen molar-refractivity contribution in [2.75, 3.05) is 13.2 Å². The Bertz CT molecular complexity index is 925. The fraction of sp³-hybridized carbons (Fsp3) is 0.350. The smallest absolute Gasteiger partial charge is 0.338 e. The van der Waals surface area contributed by atoms with Gasteiger partial charge in [-0.15, -0.1) is 0 Å². The molecule has 0 saturated carbocycles. The highest BCUT2D eigenvalue weighted by atomic mass is 35.5. The maximum atomic E-state index is 13.0. The normalized spacial score (nSPS) is 21.4. The lowest BCUT2D eigenvalue weighted by molar-refractivity contribution is -0.139. The molecule has 2 N–H and O–H groups in total. The fourth-order valence-corrected chi connectivity index (χ4v) is 4.62. The van der Waals surface area contributed by atoms with E-state index in [4.69, 9.17) is 26.8 Å². The monoisotopic (exact) mass is 436 g/mol. The second-order valence-electron chi connectivity index (χ2n) is 6.38. The highest BCUT2D eigenvalue weighted by molar-refractivity contribution is 8.04. The summed E-state index contributed by atoms with van der Waals surface area (Å²) in [5, 5.41) is 0.428. The Kier molecular flexibility index (Phi) is 6.24. The van der Waals surface area contributed by atoms with Crippen LogP contribution in [0.4, 0.5) is 0 Å². The molecular formula is C20H21ClN2O5S. The third-order valence-electron chi connectivity index (χ3n) is 4.58. The molecule has 154 valence electrons. The molecule has 1 amide bonds. The molecule has 0 spiro atoms. The first kappa shape index (κ1) is 21.3. The molecule has 3 rings (SSSR count). The van der Waals surface area contributed by atoms with Gasteiger partial charge >= 0.3 is 11.9 Å². The van der Waals surface area contributed by atoms with Gasteiger partial charge in [-0.2, -0.15) is 0 Å². The van der Waals surface area contributed by atoms with Gasteiger partial charge in [0, 0.05) is 5.02 Å². The zero-order chi connectivity index (χ0) is 21.3. The number of thioether (sulfide) groups is 1. The number of esters is 2. The Hall–Kier alpha value is -2.45. The van der Waals surface area contributed by atoms with Gasteiger partial charge in [-0.05, 0) is 38.5 Å². The van der Waals surface area contributed by atoms with Crippen LogP contribution in [0.25, 0.3) is 0 Å². The number of ether oxygens (including phenoxy) is 2. The first-order valence-electron chi connectivity index (χ1n) is 9.15. The van der Waals surface area contributed by atoms with Crippen molar-refractivity contribution in [1.82, 2.24) is 4.90 Å². The van der Waals surface area contributed by atoms with Gasteiger partial charge in [-0.25, -0.2) is 9.59 Å². The standard InChI is InChI=1S/C20H21ClN2O5S/c1-4-27-19(25)14-13(11-6-8-12(21)9-7-11)15(20(26)28-5-2)18-23(16(14)22)17(24)10(3)29-18/h6-10,13H,4-5,22H2,1-3H3. The summed E-state index contributed by atoms with van der Waals surface area (Å²) in [7, 11) is 0. The summed E-state index contributed by atoms with van der Waals surface area (Å²) in [6, 6.07) is 6.73. The number of halogens is 1. The average molecular weight is 437 g/mol. The van der Waals surface area contributed by atoms with E-state index in [2.05, 4.69) is 0 Å². The number of carbonyl (C=O) groups excluding carboxylic acids is 3. The number of amides is 1. The van der Waals surface area contributed by atoms with Crippen LogP contribution < -0.4 is 5.73 Å². The minimum absolute atomic E-state index is 0.0315. The number of benzene rings is 1. The molecule has 1 fully saturated rings. The molecule has 1 saturated heterocycles.